The number of hydrogen-bond acceptors (Lipinski definition) is 5. The highest BCUT2D eigenvalue weighted by Gasteiger charge is 1.95. The van der Waals surface area contributed by atoms with Gasteiger partial charge in [-0.1, -0.05) is 0 Å². The number of aromatic nitrogens is 4. The number of hydrogen-bond donors (Lipinski definition) is 1. The average molecular weight is 201 g/mol. The van der Waals surface area contributed by atoms with Crippen LogP contribution in [0.4, 0.5) is 5.82 Å². The van der Waals surface area contributed by atoms with Crippen LogP contribution in [0.15, 0.2) is 31.0 Å². The van der Waals surface area contributed by atoms with E-state index in [0.717, 1.165) is 17.2 Å². The molecule has 0 aliphatic rings. The zero-order chi connectivity index (χ0) is 10.5. The summed E-state index contributed by atoms with van der Waals surface area (Å²) in [4.78, 5) is 16.3. The monoisotopic (exact) mass is 201 g/mol. The number of aryl methyl sites for hydroxylation is 1. The molecule has 2 rings (SSSR count). The van der Waals surface area contributed by atoms with Crippen LogP contribution in [0.5, 0.6) is 0 Å². The number of anilines is 1. The summed E-state index contributed by atoms with van der Waals surface area (Å²) in [5.41, 5.74) is 1.81. The third-order valence-corrected chi connectivity index (χ3v) is 1.87. The van der Waals surface area contributed by atoms with Crippen molar-refractivity contribution in [2.45, 2.75) is 13.5 Å². The van der Waals surface area contributed by atoms with Crippen molar-refractivity contribution in [3.63, 3.8) is 0 Å². The quantitative estimate of drug-likeness (QED) is 0.808. The van der Waals surface area contributed by atoms with E-state index in [1.165, 1.54) is 6.33 Å². The highest BCUT2D eigenvalue weighted by atomic mass is 15.0. The average Bonchev–Trinajstić information content (AvgIpc) is 2.30. The molecule has 5 nitrogen and oxygen atoms in total. The lowest BCUT2D eigenvalue weighted by molar-refractivity contribution is 0.973. The second-order valence-electron chi connectivity index (χ2n) is 3.10. The van der Waals surface area contributed by atoms with Crippen LogP contribution in [0, 0.1) is 6.92 Å². The van der Waals surface area contributed by atoms with Gasteiger partial charge in [-0.15, -0.1) is 0 Å². The Morgan fingerprint density at radius 1 is 1.20 bits per heavy atom. The number of rotatable bonds is 3. The molecule has 0 amide bonds. The van der Waals surface area contributed by atoms with Crippen molar-refractivity contribution in [3.05, 3.63) is 42.4 Å². The van der Waals surface area contributed by atoms with Gasteiger partial charge in [0.25, 0.3) is 0 Å². The summed E-state index contributed by atoms with van der Waals surface area (Å²) < 4.78 is 0. The summed E-state index contributed by atoms with van der Waals surface area (Å²) in [5.74, 6) is 0.785. The summed E-state index contributed by atoms with van der Waals surface area (Å²) >= 11 is 0. The van der Waals surface area contributed by atoms with E-state index in [0.29, 0.717) is 6.54 Å². The van der Waals surface area contributed by atoms with E-state index in [1.807, 2.05) is 13.0 Å². The van der Waals surface area contributed by atoms with Crippen LogP contribution in [0.1, 0.15) is 11.4 Å². The number of nitrogens with zero attached hydrogens (tertiary/aromatic N) is 4. The highest BCUT2D eigenvalue weighted by Crippen LogP contribution is 2.01. The molecule has 2 aromatic heterocycles. The third-order valence-electron chi connectivity index (χ3n) is 1.87. The van der Waals surface area contributed by atoms with Crippen molar-refractivity contribution in [3.8, 4) is 0 Å². The van der Waals surface area contributed by atoms with Gasteiger partial charge in [-0.25, -0.2) is 9.97 Å². The van der Waals surface area contributed by atoms with Gasteiger partial charge in [-0.05, 0) is 13.0 Å². The van der Waals surface area contributed by atoms with Gasteiger partial charge in [-0.2, -0.15) is 0 Å². The molecule has 15 heavy (non-hydrogen) atoms. The van der Waals surface area contributed by atoms with Crippen molar-refractivity contribution in [1.29, 1.82) is 0 Å². The van der Waals surface area contributed by atoms with Gasteiger partial charge in [0.2, 0.25) is 0 Å². The van der Waals surface area contributed by atoms with E-state index in [-0.39, 0.29) is 0 Å². The minimum Gasteiger partial charge on any atom is -0.364 e. The molecular weight excluding hydrogens is 190 g/mol. The number of nitrogens with one attached hydrogen (secondary N) is 1. The van der Waals surface area contributed by atoms with Crippen LogP contribution in [-0.2, 0) is 6.54 Å². The maximum atomic E-state index is 4.22. The predicted octanol–water partition coefficient (Wildman–Crippen LogP) is 1.19. The molecule has 0 fully saturated rings. The van der Waals surface area contributed by atoms with Crippen molar-refractivity contribution >= 4 is 5.82 Å². The first kappa shape index (κ1) is 9.51. The zero-order valence-corrected chi connectivity index (χ0v) is 8.38. The summed E-state index contributed by atoms with van der Waals surface area (Å²) in [5, 5.41) is 3.13. The Morgan fingerprint density at radius 3 is 2.80 bits per heavy atom. The summed E-state index contributed by atoms with van der Waals surface area (Å²) in [6, 6.07) is 1.81. The fourth-order valence-corrected chi connectivity index (χ4v) is 1.09. The lowest BCUT2D eigenvalue weighted by atomic mass is 10.4. The zero-order valence-electron chi connectivity index (χ0n) is 8.38. The highest BCUT2D eigenvalue weighted by molar-refractivity contribution is 5.31. The van der Waals surface area contributed by atoms with Gasteiger partial charge in [0.05, 0.1) is 24.1 Å². The summed E-state index contributed by atoms with van der Waals surface area (Å²) in [7, 11) is 0. The van der Waals surface area contributed by atoms with Crippen molar-refractivity contribution in [2.75, 3.05) is 5.32 Å². The van der Waals surface area contributed by atoms with Gasteiger partial charge in [-0.3, -0.25) is 9.97 Å². The SMILES string of the molecule is Cc1cnc(CNc2ccncn2)cn1. The molecule has 0 atom stereocenters. The Morgan fingerprint density at radius 2 is 2.13 bits per heavy atom. The van der Waals surface area contributed by atoms with Crippen LogP contribution < -0.4 is 5.32 Å². The lowest BCUT2D eigenvalue weighted by Crippen LogP contribution is -2.03. The van der Waals surface area contributed by atoms with E-state index >= 15 is 0 Å². The molecule has 76 valence electrons. The molecule has 0 bridgehead atoms. The molecule has 0 saturated heterocycles. The van der Waals surface area contributed by atoms with Gasteiger partial charge in [0.15, 0.2) is 0 Å². The molecule has 2 heterocycles. The molecule has 0 aliphatic heterocycles. The Labute approximate surface area is 87.6 Å². The predicted molar refractivity (Wildman–Crippen MR) is 56.1 cm³/mol. The molecule has 0 aliphatic carbocycles. The molecule has 0 radical (unpaired) electrons. The second-order valence-corrected chi connectivity index (χ2v) is 3.10. The van der Waals surface area contributed by atoms with Crippen molar-refractivity contribution in [2.24, 2.45) is 0 Å². The van der Waals surface area contributed by atoms with Crippen molar-refractivity contribution in [1.82, 2.24) is 19.9 Å². The largest absolute Gasteiger partial charge is 0.364 e. The molecule has 0 saturated carbocycles. The summed E-state index contributed by atoms with van der Waals surface area (Å²) in [6.07, 6.45) is 6.69. The minimum absolute atomic E-state index is 0.615. The Balaban J connectivity index is 1.96. The molecule has 0 unspecified atom stereocenters. The van der Waals surface area contributed by atoms with Crippen molar-refractivity contribution < 1.29 is 0 Å². The standard InChI is InChI=1S/C10H11N5/c1-8-4-13-9(5-12-8)6-14-10-2-3-11-7-15-10/h2-5,7H,6H2,1H3,(H,11,14,15). The van der Waals surface area contributed by atoms with E-state index < -0.39 is 0 Å². The first-order valence-corrected chi connectivity index (χ1v) is 4.62. The molecule has 1 N–H and O–H groups in total. The fourth-order valence-electron chi connectivity index (χ4n) is 1.09. The van der Waals surface area contributed by atoms with E-state index in [2.05, 4.69) is 25.3 Å². The molecule has 0 aromatic carbocycles. The lowest BCUT2D eigenvalue weighted by Gasteiger charge is -2.03. The Hall–Kier alpha value is -2.04. The van der Waals surface area contributed by atoms with Crippen LogP contribution >= 0.6 is 0 Å². The fraction of sp³-hybridized carbons (Fsp3) is 0.200. The Kier molecular flexibility index (Phi) is 2.82. The van der Waals surface area contributed by atoms with E-state index in [1.54, 1.807) is 18.6 Å². The van der Waals surface area contributed by atoms with Gasteiger partial charge in [0, 0.05) is 12.4 Å². The molecular formula is C10H11N5. The van der Waals surface area contributed by atoms with Gasteiger partial charge in [0.1, 0.15) is 12.1 Å². The normalized spacial score (nSPS) is 9.93. The Bertz CT molecular complexity index is 412. The second kappa shape index (κ2) is 4.45. The van der Waals surface area contributed by atoms with Gasteiger partial charge >= 0.3 is 0 Å². The maximum absolute atomic E-state index is 4.22. The molecule has 2 aromatic rings. The van der Waals surface area contributed by atoms with Crippen LogP contribution in [0.3, 0.4) is 0 Å². The first-order valence-electron chi connectivity index (χ1n) is 4.62. The van der Waals surface area contributed by atoms with Gasteiger partial charge < -0.3 is 5.32 Å². The molecule has 5 heteroatoms. The topological polar surface area (TPSA) is 63.6 Å². The molecule has 0 spiro atoms. The smallest absolute Gasteiger partial charge is 0.129 e. The van der Waals surface area contributed by atoms with E-state index in [9.17, 15) is 0 Å². The summed E-state index contributed by atoms with van der Waals surface area (Å²) in [6.45, 7) is 2.53. The minimum atomic E-state index is 0.615. The maximum Gasteiger partial charge on any atom is 0.129 e. The van der Waals surface area contributed by atoms with E-state index in [4.69, 9.17) is 0 Å². The third kappa shape index (κ3) is 2.70. The van der Waals surface area contributed by atoms with Crippen LogP contribution in [0.2, 0.25) is 0 Å². The van der Waals surface area contributed by atoms with Crippen LogP contribution in [0.25, 0.3) is 0 Å². The van der Waals surface area contributed by atoms with Crippen LogP contribution in [-0.4, -0.2) is 19.9 Å². The first-order chi connectivity index (χ1) is 7.34.